The molecular formula is C7H9N7O7. The summed E-state index contributed by atoms with van der Waals surface area (Å²) in [6.45, 7) is 0. The van der Waals surface area contributed by atoms with Gasteiger partial charge in [-0.05, 0) is 0 Å². The minimum Gasteiger partial charge on any atom is -0.467 e. The van der Waals surface area contributed by atoms with Crippen LogP contribution in [0.5, 0.6) is 6.01 Å². The van der Waals surface area contributed by atoms with Crippen molar-refractivity contribution in [3.05, 3.63) is 36.2 Å². The van der Waals surface area contributed by atoms with E-state index >= 15 is 0 Å². The molecule has 0 fully saturated rings. The number of rotatable bonds is 6. The maximum atomic E-state index is 11.0. The molecule has 14 nitrogen and oxygen atoms in total. The van der Waals surface area contributed by atoms with Gasteiger partial charge in [-0.25, -0.2) is 0 Å². The molecule has 0 saturated carbocycles. The monoisotopic (exact) mass is 303 g/mol. The summed E-state index contributed by atoms with van der Waals surface area (Å²) in [5, 5.41) is 32.9. The predicted molar refractivity (Wildman–Crippen MR) is 63.4 cm³/mol. The van der Waals surface area contributed by atoms with Crippen LogP contribution in [-0.2, 0) is 5.79 Å². The van der Waals surface area contributed by atoms with Gasteiger partial charge < -0.3 is 9.64 Å². The fourth-order valence-electron chi connectivity index (χ4n) is 1.23. The Bertz CT molecular complexity index is 567. The van der Waals surface area contributed by atoms with Gasteiger partial charge in [0.15, 0.2) is 14.8 Å². The highest BCUT2D eigenvalue weighted by Gasteiger charge is 2.76. The number of hydrogen-bond acceptors (Lipinski definition) is 11. The van der Waals surface area contributed by atoms with E-state index in [4.69, 9.17) is 0 Å². The average Bonchev–Trinajstić information content (AvgIpc) is 2.37. The van der Waals surface area contributed by atoms with Gasteiger partial charge in [-0.2, -0.15) is 15.0 Å². The van der Waals surface area contributed by atoms with Gasteiger partial charge in [0.2, 0.25) is 5.95 Å². The highest BCUT2D eigenvalue weighted by atomic mass is 16.7. The predicted octanol–water partition coefficient (Wildman–Crippen LogP) is -1.11. The highest BCUT2D eigenvalue weighted by molar-refractivity contribution is 5.28. The van der Waals surface area contributed by atoms with Crippen LogP contribution in [0.2, 0.25) is 0 Å². The molecule has 0 N–H and O–H groups in total. The van der Waals surface area contributed by atoms with Gasteiger partial charge in [-0.3, -0.25) is 30.3 Å². The normalized spacial score (nSPS) is 10.8. The molecule has 1 heterocycles. The topological polar surface area (TPSA) is 181 Å². The Morgan fingerprint density at radius 3 is 1.81 bits per heavy atom. The van der Waals surface area contributed by atoms with Crippen molar-refractivity contribution in [1.82, 2.24) is 15.0 Å². The summed E-state index contributed by atoms with van der Waals surface area (Å²) in [6, 6.07) is -0.529. The summed E-state index contributed by atoms with van der Waals surface area (Å²) in [4.78, 5) is 39.3. The first-order valence-corrected chi connectivity index (χ1v) is 5.09. The van der Waals surface area contributed by atoms with E-state index in [0.29, 0.717) is 0 Å². The molecule has 0 atom stereocenters. The zero-order valence-electron chi connectivity index (χ0n) is 11.0. The summed E-state index contributed by atoms with van der Waals surface area (Å²) in [5.74, 6) is -5.48. The van der Waals surface area contributed by atoms with Crippen LogP contribution < -0.4 is 9.64 Å². The lowest BCUT2D eigenvalue weighted by Crippen LogP contribution is -2.51. The fraction of sp³-hybridized carbons (Fsp3) is 0.571. The molecule has 114 valence electrons. The number of anilines is 1. The van der Waals surface area contributed by atoms with Crippen LogP contribution in [0, 0.1) is 30.3 Å². The average molecular weight is 303 g/mol. The number of hydrogen-bond donors (Lipinski definition) is 0. The first-order valence-electron chi connectivity index (χ1n) is 5.09. The van der Waals surface area contributed by atoms with Crippen molar-refractivity contribution in [2.45, 2.75) is 5.79 Å². The van der Waals surface area contributed by atoms with Crippen molar-refractivity contribution >= 4 is 5.95 Å². The lowest BCUT2D eigenvalue weighted by Gasteiger charge is -2.12. The van der Waals surface area contributed by atoms with Gasteiger partial charge in [-0.15, -0.1) is 0 Å². The van der Waals surface area contributed by atoms with Gasteiger partial charge >= 0.3 is 17.6 Å². The molecule has 0 saturated heterocycles. The minimum absolute atomic E-state index is 0.272. The van der Waals surface area contributed by atoms with Crippen molar-refractivity contribution in [2.24, 2.45) is 0 Å². The molecule has 0 aliphatic rings. The summed E-state index contributed by atoms with van der Waals surface area (Å²) in [7, 11) is 3.93. The second kappa shape index (κ2) is 5.43. The van der Waals surface area contributed by atoms with Crippen LogP contribution in [0.4, 0.5) is 5.95 Å². The number of nitrogens with zero attached hydrogens (tertiary/aromatic N) is 7. The molecule has 0 bridgehead atoms. The molecule has 14 heteroatoms. The van der Waals surface area contributed by atoms with Gasteiger partial charge in [0, 0.05) is 14.1 Å². The van der Waals surface area contributed by atoms with Crippen molar-refractivity contribution in [1.29, 1.82) is 0 Å². The van der Waals surface area contributed by atoms with Crippen molar-refractivity contribution < 1.29 is 19.5 Å². The SMILES string of the molecule is COc1nc(N(C)C)nc(C([N+](=O)[O-])([N+](=O)[O-])[N+](=O)[O-])n1. The zero-order valence-corrected chi connectivity index (χ0v) is 11.0. The molecular weight excluding hydrogens is 294 g/mol. The standard InChI is InChI=1S/C7H9N7O7/c1-11(2)5-8-4(9-6(10-5)21-3)7(12(15)16,13(17)18)14(19)20/h1-3H3. The Labute approximate surface area is 115 Å². The molecule has 1 rings (SSSR count). The van der Waals surface area contributed by atoms with E-state index < -0.39 is 32.4 Å². The second-order valence-corrected chi connectivity index (χ2v) is 3.75. The zero-order chi connectivity index (χ0) is 16.4. The van der Waals surface area contributed by atoms with Crippen LogP contribution in [0.1, 0.15) is 5.82 Å². The quantitative estimate of drug-likeness (QED) is 0.352. The van der Waals surface area contributed by atoms with E-state index in [1.54, 1.807) is 0 Å². The van der Waals surface area contributed by atoms with Crippen LogP contribution in [-0.4, -0.2) is 50.9 Å². The highest BCUT2D eigenvalue weighted by Crippen LogP contribution is 2.26. The van der Waals surface area contributed by atoms with Crippen LogP contribution in [0.25, 0.3) is 0 Å². The first kappa shape index (κ1) is 15.9. The molecule has 0 radical (unpaired) electrons. The van der Waals surface area contributed by atoms with E-state index in [1.807, 2.05) is 0 Å². The molecule has 1 aromatic heterocycles. The lowest BCUT2D eigenvalue weighted by molar-refractivity contribution is -0.987. The van der Waals surface area contributed by atoms with Gasteiger partial charge in [0.25, 0.3) is 0 Å². The third kappa shape index (κ3) is 2.45. The molecule has 0 unspecified atom stereocenters. The van der Waals surface area contributed by atoms with Crippen molar-refractivity contribution in [3.63, 3.8) is 0 Å². The van der Waals surface area contributed by atoms with E-state index in [2.05, 4.69) is 19.7 Å². The molecule has 0 amide bonds. The van der Waals surface area contributed by atoms with E-state index in [1.165, 1.54) is 19.0 Å². The molecule has 0 aliphatic carbocycles. The van der Waals surface area contributed by atoms with E-state index in [-0.39, 0.29) is 5.95 Å². The summed E-state index contributed by atoms with van der Waals surface area (Å²) in [5.41, 5.74) is 0. The van der Waals surface area contributed by atoms with Gasteiger partial charge in [0.05, 0.1) is 7.11 Å². The Morgan fingerprint density at radius 1 is 1.00 bits per heavy atom. The Balaban J connectivity index is 3.73. The Kier molecular flexibility index (Phi) is 4.10. The molecule has 0 aromatic carbocycles. The minimum atomic E-state index is -3.94. The molecule has 1 aromatic rings. The third-order valence-corrected chi connectivity index (χ3v) is 2.25. The number of methoxy groups -OCH3 is 1. The lowest BCUT2D eigenvalue weighted by atomic mass is 10.3. The van der Waals surface area contributed by atoms with Crippen molar-refractivity contribution in [2.75, 3.05) is 26.1 Å². The van der Waals surface area contributed by atoms with Crippen LogP contribution in [0.15, 0.2) is 0 Å². The largest absolute Gasteiger partial charge is 0.763 e. The maximum Gasteiger partial charge on any atom is 0.763 e. The number of ether oxygens (including phenoxy) is 1. The van der Waals surface area contributed by atoms with E-state index in [9.17, 15) is 30.3 Å². The van der Waals surface area contributed by atoms with Crippen LogP contribution in [0.3, 0.4) is 0 Å². The van der Waals surface area contributed by atoms with Crippen molar-refractivity contribution in [3.8, 4) is 6.01 Å². The number of nitro groups is 3. The third-order valence-electron chi connectivity index (χ3n) is 2.25. The molecule has 0 aliphatic heterocycles. The summed E-state index contributed by atoms with van der Waals surface area (Å²) < 4.78 is 4.62. The second-order valence-electron chi connectivity index (χ2n) is 3.75. The van der Waals surface area contributed by atoms with Gasteiger partial charge in [-0.1, -0.05) is 0 Å². The fourth-order valence-corrected chi connectivity index (χ4v) is 1.23. The smallest absolute Gasteiger partial charge is 0.467 e. The van der Waals surface area contributed by atoms with Crippen LogP contribution >= 0.6 is 0 Å². The molecule has 0 spiro atoms. The summed E-state index contributed by atoms with van der Waals surface area (Å²) in [6.07, 6.45) is 0. The summed E-state index contributed by atoms with van der Waals surface area (Å²) >= 11 is 0. The Hall–Kier alpha value is -3.19. The maximum absolute atomic E-state index is 11.0. The molecule has 21 heavy (non-hydrogen) atoms. The first-order chi connectivity index (χ1) is 9.67. The van der Waals surface area contributed by atoms with Gasteiger partial charge in [0.1, 0.15) is 0 Å². The number of aromatic nitrogens is 3. The Morgan fingerprint density at radius 2 is 1.48 bits per heavy atom. The van der Waals surface area contributed by atoms with E-state index in [0.717, 1.165) is 7.11 Å².